The summed E-state index contributed by atoms with van der Waals surface area (Å²) in [6.45, 7) is 8.12. The Hall–Kier alpha value is -3.39. The number of carbonyl (C=O) groups excluding carboxylic acids is 1. The van der Waals surface area contributed by atoms with Crippen LogP contribution in [0.4, 0.5) is 5.69 Å². The van der Waals surface area contributed by atoms with Crippen molar-refractivity contribution in [3.8, 4) is 5.69 Å². The summed E-state index contributed by atoms with van der Waals surface area (Å²) in [5.41, 5.74) is 4.79. The number of benzene rings is 2. The number of aromatic nitrogens is 4. The van der Waals surface area contributed by atoms with Crippen molar-refractivity contribution in [2.75, 3.05) is 11.1 Å². The molecule has 176 valence electrons. The molecule has 1 unspecified atom stereocenters. The van der Waals surface area contributed by atoms with Gasteiger partial charge < -0.3 is 5.32 Å². The summed E-state index contributed by atoms with van der Waals surface area (Å²) in [5.74, 6) is 0.381. The van der Waals surface area contributed by atoms with Crippen LogP contribution in [0.25, 0.3) is 16.6 Å². The van der Waals surface area contributed by atoms with Crippen LogP contribution in [0, 0.1) is 13.8 Å². The monoisotopic (exact) mass is 475 g/mol. The molecule has 2 aromatic carbocycles. The highest BCUT2D eigenvalue weighted by Crippen LogP contribution is 2.25. The molecule has 7 nitrogen and oxygen atoms in total. The second-order valence-electron chi connectivity index (χ2n) is 8.46. The van der Waals surface area contributed by atoms with Gasteiger partial charge in [0, 0.05) is 7.05 Å². The molecule has 4 aromatic rings. The van der Waals surface area contributed by atoms with Crippen LogP contribution in [0.15, 0.2) is 58.5 Å². The highest BCUT2D eigenvalue weighted by Gasteiger charge is 2.17. The van der Waals surface area contributed by atoms with Crippen molar-refractivity contribution in [3.05, 3.63) is 75.8 Å². The number of para-hydroxylation sites is 1. The van der Waals surface area contributed by atoms with Crippen LogP contribution in [-0.2, 0) is 11.8 Å². The van der Waals surface area contributed by atoms with Gasteiger partial charge in [-0.25, -0.2) is 4.98 Å². The van der Waals surface area contributed by atoms with Crippen molar-refractivity contribution in [1.82, 2.24) is 19.3 Å². The maximum Gasteiger partial charge on any atom is 0.266 e. The van der Waals surface area contributed by atoms with Gasteiger partial charge in [-0.2, -0.15) is 5.10 Å². The van der Waals surface area contributed by atoms with Crippen LogP contribution in [-0.4, -0.2) is 31.0 Å². The summed E-state index contributed by atoms with van der Waals surface area (Å²) in [5, 5.41) is 8.32. The first-order valence-electron chi connectivity index (χ1n) is 11.3. The number of nitrogens with one attached hydrogen (secondary N) is 1. The molecule has 0 spiro atoms. The van der Waals surface area contributed by atoms with Gasteiger partial charge in [-0.1, -0.05) is 49.9 Å². The molecular formula is C26H29N5O2S. The van der Waals surface area contributed by atoms with Gasteiger partial charge >= 0.3 is 0 Å². The minimum atomic E-state index is -0.176. The van der Waals surface area contributed by atoms with Gasteiger partial charge in [0.1, 0.15) is 0 Å². The van der Waals surface area contributed by atoms with E-state index < -0.39 is 0 Å². The van der Waals surface area contributed by atoms with E-state index in [0.717, 1.165) is 29.2 Å². The standard InChI is InChI=1S/C26H29N5O2S/c1-6-16(2)19-11-13-20(14-12-19)31-25(33)21-9-7-8-10-22(21)27-26(31)34-15-23(32)28-24-17(3)29-30(5)18(24)4/h7-14,16H,6,15H2,1-5H3,(H,28,32). The highest BCUT2D eigenvalue weighted by atomic mass is 32.2. The zero-order valence-electron chi connectivity index (χ0n) is 20.1. The number of anilines is 1. The van der Waals surface area contributed by atoms with E-state index in [9.17, 15) is 9.59 Å². The smallest absolute Gasteiger partial charge is 0.266 e. The summed E-state index contributed by atoms with van der Waals surface area (Å²) < 4.78 is 3.34. The van der Waals surface area contributed by atoms with E-state index in [1.807, 2.05) is 51.2 Å². The number of carbonyl (C=O) groups is 1. The Kier molecular flexibility index (Phi) is 6.88. The quantitative estimate of drug-likeness (QED) is 0.301. The van der Waals surface area contributed by atoms with E-state index in [1.54, 1.807) is 15.3 Å². The fourth-order valence-corrected chi connectivity index (χ4v) is 4.70. The number of hydrogen-bond donors (Lipinski definition) is 1. The van der Waals surface area contributed by atoms with Crippen molar-refractivity contribution in [3.63, 3.8) is 0 Å². The number of thioether (sulfide) groups is 1. The molecule has 8 heteroatoms. The van der Waals surface area contributed by atoms with Gasteiger partial charge in [0.05, 0.1) is 39.4 Å². The molecule has 0 aliphatic rings. The van der Waals surface area contributed by atoms with Gasteiger partial charge in [0.25, 0.3) is 5.56 Å². The molecule has 4 rings (SSSR count). The van der Waals surface area contributed by atoms with Crippen LogP contribution in [0.1, 0.15) is 43.1 Å². The second kappa shape index (κ2) is 9.85. The molecule has 1 atom stereocenters. The Labute approximate surface area is 203 Å². The highest BCUT2D eigenvalue weighted by molar-refractivity contribution is 7.99. The third-order valence-corrected chi connectivity index (χ3v) is 7.12. The minimum absolute atomic E-state index is 0.115. The van der Waals surface area contributed by atoms with Gasteiger partial charge in [0.2, 0.25) is 5.91 Å². The predicted octanol–water partition coefficient (Wildman–Crippen LogP) is 4.98. The molecular weight excluding hydrogens is 446 g/mol. The van der Waals surface area contributed by atoms with Crippen LogP contribution >= 0.6 is 11.8 Å². The molecule has 0 saturated heterocycles. The average molecular weight is 476 g/mol. The molecule has 2 aromatic heterocycles. The Bertz CT molecular complexity index is 1410. The Morgan fingerprint density at radius 1 is 1.12 bits per heavy atom. The third-order valence-electron chi connectivity index (χ3n) is 6.18. The molecule has 0 aliphatic heterocycles. The van der Waals surface area contributed by atoms with Crippen LogP contribution < -0.4 is 10.9 Å². The predicted molar refractivity (Wildman–Crippen MR) is 138 cm³/mol. The van der Waals surface area contributed by atoms with E-state index in [1.165, 1.54) is 17.3 Å². The van der Waals surface area contributed by atoms with E-state index in [0.29, 0.717) is 22.0 Å². The largest absolute Gasteiger partial charge is 0.322 e. The molecule has 34 heavy (non-hydrogen) atoms. The molecule has 2 heterocycles. The molecule has 0 fully saturated rings. The maximum atomic E-state index is 13.5. The van der Waals surface area contributed by atoms with Gasteiger partial charge in [-0.3, -0.25) is 18.8 Å². The number of hydrogen-bond acceptors (Lipinski definition) is 5. The SMILES string of the molecule is CCC(C)c1ccc(-n2c(SCC(=O)Nc3c(C)nn(C)c3C)nc3ccccc3c2=O)cc1. The summed E-state index contributed by atoms with van der Waals surface area (Å²) >= 11 is 1.24. The molecule has 0 saturated carbocycles. The third kappa shape index (κ3) is 4.63. The van der Waals surface area contributed by atoms with Crippen molar-refractivity contribution in [2.24, 2.45) is 7.05 Å². The summed E-state index contributed by atoms with van der Waals surface area (Å²) in [6, 6.07) is 15.3. The number of aryl methyl sites for hydroxylation is 2. The zero-order valence-corrected chi connectivity index (χ0v) is 20.9. The van der Waals surface area contributed by atoms with Crippen molar-refractivity contribution < 1.29 is 4.79 Å². The average Bonchev–Trinajstić information content (AvgIpc) is 3.08. The van der Waals surface area contributed by atoms with Crippen LogP contribution in [0.2, 0.25) is 0 Å². The molecule has 1 N–H and O–H groups in total. The first-order chi connectivity index (χ1) is 16.3. The van der Waals surface area contributed by atoms with E-state index in [-0.39, 0.29) is 17.2 Å². The lowest BCUT2D eigenvalue weighted by Crippen LogP contribution is -2.23. The van der Waals surface area contributed by atoms with E-state index in [2.05, 4.69) is 36.4 Å². The van der Waals surface area contributed by atoms with Crippen LogP contribution in [0.3, 0.4) is 0 Å². The van der Waals surface area contributed by atoms with E-state index >= 15 is 0 Å². The Balaban J connectivity index is 1.67. The molecule has 0 aliphatic carbocycles. The zero-order chi connectivity index (χ0) is 24.4. The maximum absolute atomic E-state index is 13.5. The Morgan fingerprint density at radius 3 is 2.47 bits per heavy atom. The number of nitrogens with zero attached hydrogens (tertiary/aromatic N) is 4. The van der Waals surface area contributed by atoms with Crippen LogP contribution in [0.5, 0.6) is 0 Å². The lowest BCUT2D eigenvalue weighted by atomic mass is 9.98. The first-order valence-corrected chi connectivity index (χ1v) is 12.3. The van der Waals surface area contributed by atoms with Gasteiger partial charge in [-0.15, -0.1) is 0 Å². The molecule has 1 amide bonds. The normalized spacial score (nSPS) is 12.1. The summed E-state index contributed by atoms with van der Waals surface area (Å²) in [6.07, 6.45) is 1.04. The van der Waals surface area contributed by atoms with Gasteiger partial charge in [0.15, 0.2) is 5.16 Å². The lowest BCUT2D eigenvalue weighted by molar-refractivity contribution is -0.113. The topological polar surface area (TPSA) is 81.8 Å². The summed E-state index contributed by atoms with van der Waals surface area (Å²) in [4.78, 5) is 30.9. The van der Waals surface area contributed by atoms with E-state index in [4.69, 9.17) is 4.98 Å². The van der Waals surface area contributed by atoms with Crippen molar-refractivity contribution >= 4 is 34.3 Å². The Morgan fingerprint density at radius 2 is 1.82 bits per heavy atom. The molecule has 0 radical (unpaired) electrons. The summed E-state index contributed by atoms with van der Waals surface area (Å²) in [7, 11) is 1.84. The van der Waals surface area contributed by atoms with Crippen molar-refractivity contribution in [2.45, 2.75) is 45.2 Å². The second-order valence-corrected chi connectivity index (χ2v) is 9.40. The fourth-order valence-electron chi connectivity index (χ4n) is 3.88. The molecule has 0 bridgehead atoms. The first kappa shape index (κ1) is 23.8. The minimum Gasteiger partial charge on any atom is -0.322 e. The number of rotatable bonds is 7. The van der Waals surface area contributed by atoms with Crippen molar-refractivity contribution in [1.29, 1.82) is 0 Å². The number of amides is 1. The fraction of sp³-hybridized carbons (Fsp3) is 0.308. The lowest BCUT2D eigenvalue weighted by Gasteiger charge is -2.15. The number of fused-ring (bicyclic) bond motifs is 1. The van der Waals surface area contributed by atoms with Gasteiger partial charge in [-0.05, 0) is 56.0 Å².